The fourth-order valence-corrected chi connectivity index (χ4v) is 3.70. The van der Waals surface area contributed by atoms with Crippen LogP contribution in [-0.4, -0.2) is 41.1 Å². The third-order valence-electron chi connectivity index (χ3n) is 4.41. The van der Waals surface area contributed by atoms with Crippen LogP contribution < -0.4 is 0 Å². The Morgan fingerprint density at radius 1 is 1.29 bits per heavy atom. The number of hydrogen-bond acceptors (Lipinski definition) is 5. The molecule has 1 aliphatic rings. The van der Waals surface area contributed by atoms with Gasteiger partial charge in [-0.25, -0.2) is 18.4 Å². The molecule has 2 aromatic heterocycles. The molecule has 3 aromatic rings. The highest BCUT2D eigenvalue weighted by Crippen LogP contribution is 2.23. The first-order chi connectivity index (χ1) is 11.5. The van der Waals surface area contributed by atoms with Crippen molar-refractivity contribution in [2.45, 2.75) is 24.7 Å². The molecule has 0 aliphatic carbocycles. The maximum Gasteiger partial charge on any atom is 0.247 e. The molecule has 3 heterocycles. The van der Waals surface area contributed by atoms with E-state index < -0.39 is 9.84 Å². The Balaban J connectivity index is 1.61. The van der Waals surface area contributed by atoms with E-state index in [4.69, 9.17) is 0 Å². The summed E-state index contributed by atoms with van der Waals surface area (Å²) in [4.78, 5) is 13.8. The molecule has 1 aliphatic heterocycles. The number of nitrogens with one attached hydrogen (secondary N) is 1. The lowest BCUT2D eigenvalue weighted by Gasteiger charge is -2.28. The zero-order valence-electron chi connectivity index (χ0n) is 13.4. The Labute approximate surface area is 140 Å². The molecule has 24 heavy (non-hydrogen) atoms. The summed E-state index contributed by atoms with van der Waals surface area (Å²) in [5.41, 5.74) is 4.25. The van der Waals surface area contributed by atoms with Crippen LogP contribution in [-0.2, 0) is 29.3 Å². The Kier molecular flexibility index (Phi) is 3.62. The van der Waals surface area contributed by atoms with Crippen molar-refractivity contribution < 1.29 is 8.42 Å². The zero-order chi connectivity index (χ0) is 16.7. The Bertz CT molecular complexity index is 1010. The standard InChI is InChI=1S/C17H18N4O2S/c1-24(22,23)17-19-9-12-6-8-21(11-16(12)20-17)10-13-3-2-4-15-14(13)5-7-18-15/h2-5,7,9,18H,6,8,10-11H2,1H3. The van der Waals surface area contributed by atoms with E-state index in [9.17, 15) is 8.42 Å². The van der Waals surface area contributed by atoms with E-state index in [1.54, 1.807) is 6.20 Å². The van der Waals surface area contributed by atoms with Crippen LogP contribution in [0.25, 0.3) is 10.9 Å². The number of fused-ring (bicyclic) bond motifs is 2. The van der Waals surface area contributed by atoms with E-state index in [-0.39, 0.29) is 5.16 Å². The number of sulfone groups is 1. The number of H-pyrrole nitrogens is 1. The highest BCUT2D eigenvalue weighted by molar-refractivity contribution is 7.90. The Morgan fingerprint density at radius 2 is 2.17 bits per heavy atom. The third-order valence-corrected chi connectivity index (χ3v) is 5.27. The first-order valence-corrected chi connectivity index (χ1v) is 9.72. The Hall–Kier alpha value is -2.25. The van der Waals surface area contributed by atoms with E-state index in [0.717, 1.165) is 42.5 Å². The number of nitrogens with zero attached hydrogens (tertiary/aromatic N) is 3. The molecule has 124 valence electrons. The van der Waals surface area contributed by atoms with Gasteiger partial charge in [0.05, 0.1) is 5.69 Å². The van der Waals surface area contributed by atoms with Crippen LogP contribution in [0.15, 0.2) is 41.8 Å². The van der Waals surface area contributed by atoms with Crippen molar-refractivity contribution >= 4 is 20.7 Å². The van der Waals surface area contributed by atoms with Crippen molar-refractivity contribution in [2.75, 3.05) is 12.8 Å². The van der Waals surface area contributed by atoms with E-state index >= 15 is 0 Å². The second kappa shape index (κ2) is 5.68. The van der Waals surface area contributed by atoms with Gasteiger partial charge in [-0.05, 0) is 29.7 Å². The van der Waals surface area contributed by atoms with E-state index in [2.05, 4.69) is 44.1 Å². The SMILES string of the molecule is CS(=O)(=O)c1ncc2c(n1)CN(Cc1cccc3[nH]ccc13)CC2. The van der Waals surface area contributed by atoms with Crippen LogP contribution >= 0.6 is 0 Å². The average Bonchev–Trinajstić information content (AvgIpc) is 3.03. The lowest BCUT2D eigenvalue weighted by atomic mass is 10.0. The molecule has 0 amide bonds. The number of aromatic amines is 1. The summed E-state index contributed by atoms with van der Waals surface area (Å²) in [6.45, 7) is 2.36. The largest absolute Gasteiger partial charge is 0.361 e. The minimum atomic E-state index is -3.38. The maximum atomic E-state index is 11.7. The molecule has 7 heteroatoms. The summed E-state index contributed by atoms with van der Waals surface area (Å²) in [7, 11) is -3.38. The Morgan fingerprint density at radius 3 is 3.00 bits per heavy atom. The van der Waals surface area contributed by atoms with E-state index in [1.165, 1.54) is 10.9 Å². The number of benzene rings is 1. The van der Waals surface area contributed by atoms with Gasteiger partial charge in [-0.2, -0.15) is 0 Å². The van der Waals surface area contributed by atoms with Crippen molar-refractivity contribution in [3.05, 3.63) is 53.5 Å². The zero-order valence-corrected chi connectivity index (χ0v) is 14.2. The molecule has 0 spiro atoms. The van der Waals surface area contributed by atoms with Gasteiger partial charge < -0.3 is 4.98 Å². The fourth-order valence-electron chi connectivity index (χ4n) is 3.18. The molecule has 0 radical (unpaired) electrons. The van der Waals surface area contributed by atoms with E-state index in [0.29, 0.717) is 6.54 Å². The minimum Gasteiger partial charge on any atom is -0.361 e. The van der Waals surface area contributed by atoms with Crippen molar-refractivity contribution in [3.8, 4) is 0 Å². The molecule has 0 fully saturated rings. The topological polar surface area (TPSA) is 79.0 Å². The molecule has 0 saturated heterocycles. The molecule has 1 N–H and O–H groups in total. The molecule has 0 atom stereocenters. The first kappa shape index (κ1) is 15.3. The molecule has 0 bridgehead atoms. The summed E-state index contributed by atoms with van der Waals surface area (Å²) in [5, 5.41) is 1.14. The molecular formula is C17H18N4O2S. The summed E-state index contributed by atoms with van der Waals surface area (Å²) in [6, 6.07) is 8.34. The lowest BCUT2D eigenvalue weighted by molar-refractivity contribution is 0.241. The molecule has 0 saturated carbocycles. The van der Waals surface area contributed by atoms with Gasteiger partial charge in [0.25, 0.3) is 0 Å². The van der Waals surface area contributed by atoms with Crippen molar-refractivity contribution in [3.63, 3.8) is 0 Å². The van der Waals surface area contributed by atoms with Gasteiger partial charge in [0, 0.05) is 49.2 Å². The van der Waals surface area contributed by atoms with Gasteiger partial charge in [0.1, 0.15) is 0 Å². The van der Waals surface area contributed by atoms with Gasteiger partial charge in [-0.15, -0.1) is 0 Å². The third kappa shape index (κ3) is 2.81. The summed E-state index contributed by atoms with van der Waals surface area (Å²) in [6.07, 6.45) is 5.58. The van der Waals surface area contributed by atoms with Crippen LogP contribution in [0.2, 0.25) is 0 Å². The fraction of sp³-hybridized carbons (Fsp3) is 0.294. The number of hydrogen-bond donors (Lipinski definition) is 1. The molecule has 4 rings (SSSR count). The number of rotatable bonds is 3. The van der Waals surface area contributed by atoms with E-state index in [1.807, 2.05) is 6.20 Å². The summed E-state index contributed by atoms with van der Waals surface area (Å²) in [5.74, 6) is 0. The maximum absolute atomic E-state index is 11.7. The van der Waals surface area contributed by atoms with Crippen LogP contribution in [0.1, 0.15) is 16.8 Å². The first-order valence-electron chi connectivity index (χ1n) is 7.83. The lowest BCUT2D eigenvalue weighted by Crippen LogP contribution is -2.31. The molecule has 0 unspecified atom stereocenters. The van der Waals surface area contributed by atoms with Crippen LogP contribution in [0.4, 0.5) is 0 Å². The predicted molar refractivity (Wildman–Crippen MR) is 91.3 cm³/mol. The quantitative estimate of drug-likeness (QED) is 0.736. The molecule has 6 nitrogen and oxygen atoms in total. The van der Waals surface area contributed by atoms with Crippen molar-refractivity contribution in [1.82, 2.24) is 19.9 Å². The number of aromatic nitrogens is 3. The van der Waals surface area contributed by atoms with Crippen LogP contribution in [0, 0.1) is 0 Å². The molecule has 1 aromatic carbocycles. The second-order valence-corrected chi connectivity index (χ2v) is 8.12. The minimum absolute atomic E-state index is 0.0872. The van der Waals surface area contributed by atoms with Gasteiger partial charge in [0.2, 0.25) is 15.0 Å². The summed E-state index contributed by atoms with van der Waals surface area (Å²) < 4.78 is 23.3. The van der Waals surface area contributed by atoms with Gasteiger partial charge in [-0.1, -0.05) is 12.1 Å². The highest BCUT2D eigenvalue weighted by Gasteiger charge is 2.21. The van der Waals surface area contributed by atoms with Crippen LogP contribution in [0.3, 0.4) is 0 Å². The normalized spacial score (nSPS) is 15.5. The second-order valence-electron chi connectivity index (χ2n) is 6.21. The monoisotopic (exact) mass is 342 g/mol. The predicted octanol–water partition coefficient (Wildman–Crippen LogP) is 1.92. The molecular weight excluding hydrogens is 324 g/mol. The van der Waals surface area contributed by atoms with Crippen LogP contribution in [0.5, 0.6) is 0 Å². The van der Waals surface area contributed by atoms with Gasteiger partial charge in [-0.3, -0.25) is 4.90 Å². The van der Waals surface area contributed by atoms with Crippen molar-refractivity contribution in [2.24, 2.45) is 0 Å². The van der Waals surface area contributed by atoms with Gasteiger partial charge >= 0.3 is 0 Å². The summed E-state index contributed by atoms with van der Waals surface area (Å²) >= 11 is 0. The van der Waals surface area contributed by atoms with Crippen molar-refractivity contribution in [1.29, 1.82) is 0 Å². The highest BCUT2D eigenvalue weighted by atomic mass is 32.2. The average molecular weight is 342 g/mol. The smallest absolute Gasteiger partial charge is 0.247 e. The van der Waals surface area contributed by atoms with Gasteiger partial charge in [0.15, 0.2) is 0 Å².